The van der Waals surface area contributed by atoms with Crippen molar-refractivity contribution in [3.05, 3.63) is 40.4 Å². The van der Waals surface area contributed by atoms with E-state index in [0.717, 1.165) is 12.3 Å². The van der Waals surface area contributed by atoms with Crippen LogP contribution in [0.3, 0.4) is 0 Å². The second-order valence-electron chi connectivity index (χ2n) is 5.89. The number of rotatable bonds is 5. The number of nitrogens with one attached hydrogen (secondary N) is 2. The Bertz CT molecular complexity index is 978. The van der Waals surface area contributed by atoms with Crippen LogP contribution in [0.1, 0.15) is 17.7 Å². The predicted octanol–water partition coefficient (Wildman–Crippen LogP) is 4.33. The molecule has 0 atom stereocenters. The number of hydrogen-bond donors (Lipinski definition) is 2. The van der Waals surface area contributed by atoms with E-state index in [1.165, 1.54) is 0 Å². The molecule has 0 spiro atoms. The SMILES string of the molecule is O=S(=O)(Nc1cc(Cl)c(OC(F)F)cc1F)c1c[nH]c2c1CCC(F)(F)C2. The minimum atomic E-state index is -4.34. The summed E-state index contributed by atoms with van der Waals surface area (Å²) in [5, 5.41) is -0.440. The molecule has 1 aromatic heterocycles. The Balaban J connectivity index is 1.90. The fourth-order valence-corrected chi connectivity index (χ4v) is 4.32. The molecule has 0 unspecified atom stereocenters. The predicted molar refractivity (Wildman–Crippen MR) is 86.6 cm³/mol. The number of fused-ring (bicyclic) bond motifs is 1. The number of benzene rings is 1. The highest BCUT2D eigenvalue weighted by Crippen LogP contribution is 2.37. The molecular weight excluding hydrogens is 419 g/mol. The van der Waals surface area contributed by atoms with Gasteiger partial charge in [0.05, 0.1) is 17.1 Å². The molecule has 2 aromatic rings. The van der Waals surface area contributed by atoms with Crippen molar-refractivity contribution in [2.75, 3.05) is 4.72 Å². The zero-order chi connectivity index (χ0) is 20.0. The van der Waals surface area contributed by atoms with Gasteiger partial charge >= 0.3 is 6.61 Å². The Kier molecular flexibility index (Phi) is 5.02. The fraction of sp³-hybridized carbons (Fsp3) is 0.333. The van der Waals surface area contributed by atoms with Gasteiger partial charge in [-0.05, 0) is 18.1 Å². The van der Waals surface area contributed by atoms with E-state index >= 15 is 0 Å². The highest BCUT2D eigenvalue weighted by Gasteiger charge is 2.38. The first-order valence-corrected chi connectivity index (χ1v) is 9.38. The third kappa shape index (κ3) is 4.13. The third-order valence-electron chi connectivity index (χ3n) is 3.99. The van der Waals surface area contributed by atoms with Crippen LogP contribution < -0.4 is 9.46 Å². The van der Waals surface area contributed by atoms with Crippen LogP contribution in [-0.2, 0) is 22.9 Å². The first kappa shape index (κ1) is 19.7. The van der Waals surface area contributed by atoms with Crippen LogP contribution in [0.2, 0.25) is 5.02 Å². The number of sulfonamides is 1. The monoisotopic (exact) mass is 430 g/mol. The Hall–Kier alpha value is -2.01. The molecule has 5 nitrogen and oxygen atoms in total. The van der Waals surface area contributed by atoms with Crippen LogP contribution in [0, 0.1) is 5.82 Å². The number of alkyl halides is 4. The van der Waals surface area contributed by atoms with Crippen molar-refractivity contribution in [3.63, 3.8) is 0 Å². The lowest BCUT2D eigenvalue weighted by molar-refractivity contribution is -0.0499. The van der Waals surface area contributed by atoms with E-state index in [1.807, 2.05) is 4.72 Å². The summed E-state index contributed by atoms with van der Waals surface area (Å²) in [6, 6.07) is 1.29. The third-order valence-corrected chi connectivity index (χ3v) is 5.71. The molecule has 1 aliphatic carbocycles. The van der Waals surface area contributed by atoms with E-state index in [9.17, 15) is 30.4 Å². The Morgan fingerprint density at radius 1 is 1.30 bits per heavy atom. The van der Waals surface area contributed by atoms with Gasteiger partial charge in [0.2, 0.25) is 0 Å². The van der Waals surface area contributed by atoms with E-state index in [1.54, 1.807) is 0 Å². The van der Waals surface area contributed by atoms with Crippen molar-refractivity contribution in [2.45, 2.75) is 36.7 Å². The molecule has 0 aliphatic heterocycles. The average Bonchev–Trinajstić information content (AvgIpc) is 2.94. The maximum atomic E-state index is 14.1. The lowest BCUT2D eigenvalue weighted by Gasteiger charge is -2.22. The van der Waals surface area contributed by atoms with Gasteiger partial charge in [0.25, 0.3) is 15.9 Å². The van der Waals surface area contributed by atoms with Crippen molar-refractivity contribution >= 4 is 27.3 Å². The van der Waals surface area contributed by atoms with E-state index in [0.29, 0.717) is 6.07 Å². The number of ether oxygens (including phenoxy) is 1. The van der Waals surface area contributed by atoms with Crippen LogP contribution in [0.15, 0.2) is 23.2 Å². The number of H-pyrrole nitrogens is 1. The fourth-order valence-electron chi connectivity index (χ4n) is 2.79. The number of anilines is 1. The van der Waals surface area contributed by atoms with Crippen molar-refractivity contribution in [1.29, 1.82) is 0 Å². The summed E-state index contributed by atoms with van der Waals surface area (Å²) in [6.45, 7) is -3.24. The maximum absolute atomic E-state index is 14.1. The number of aromatic amines is 1. The highest BCUT2D eigenvalue weighted by molar-refractivity contribution is 7.92. The Morgan fingerprint density at radius 2 is 2.00 bits per heavy atom. The molecule has 0 fully saturated rings. The van der Waals surface area contributed by atoms with Gasteiger partial charge in [-0.25, -0.2) is 21.6 Å². The van der Waals surface area contributed by atoms with E-state index < -0.39 is 57.7 Å². The van der Waals surface area contributed by atoms with Crippen molar-refractivity contribution in [1.82, 2.24) is 4.98 Å². The van der Waals surface area contributed by atoms with Gasteiger partial charge in [-0.3, -0.25) is 4.72 Å². The molecule has 1 heterocycles. The van der Waals surface area contributed by atoms with Gasteiger partial charge in [-0.15, -0.1) is 0 Å². The Labute approximate surface area is 155 Å². The first-order valence-electron chi connectivity index (χ1n) is 7.52. The quantitative estimate of drug-likeness (QED) is 0.693. The molecule has 1 aromatic carbocycles. The van der Waals surface area contributed by atoms with E-state index in [-0.39, 0.29) is 22.6 Å². The molecule has 0 amide bonds. The molecule has 148 valence electrons. The van der Waals surface area contributed by atoms with Gasteiger partial charge in [0.1, 0.15) is 10.6 Å². The summed E-state index contributed by atoms with van der Waals surface area (Å²) in [5.41, 5.74) is -0.318. The topological polar surface area (TPSA) is 71.2 Å². The van der Waals surface area contributed by atoms with E-state index in [2.05, 4.69) is 9.72 Å². The molecule has 0 saturated heterocycles. The van der Waals surface area contributed by atoms with Gasteiger partial charge in [-0.2, -0.15) is 8.78 Å². The van der Waals surface area contributed by atoms with Crippen LogP contribution in [0.4, 0.5) is 27.6 Å². The summed E-state index contributed by atoms with van der Waals surface area (Å²) in [5.74, 6) is -4.80. The number of hydrogen-bond acceptors (Lipinski definition) is 3. The second-order valence-corrected chi connectivity index (χ2v) is 7.95. The zero-order valence-electron chi connectivity index (χ0n) is 13.3. The molecule has 2 N–H and O–H groups in total. The van der Waals surface area contributed by atoms with Gasteiger partial charge in [0, 0.05) is 24.4 Å². The molecule has 0 bridgehead atoms. The maximum Gasteiger partial charge on any atom is 0.387 e. The summed E-state index contributed by atoms with van der Waals surface area (Å²) < 4.78 is 96.5. The summed E-state index contributed by atoms with van der Waals surface area (Å²) in [4.78, 5) is 2.21. The molecule has 12 heteroatoms. The standard InChI is InChI=1S/C15H12ClF5N2O3S/c16-8-3-10(9(17)4-12(8)26-14(18)19)23-27(24,25)13-6-22-11-5-15(20,21)2-1-7(11)13/h3-4,6,14,22-23H,1-2,5H2. The van der Waals surface area contributed by atoms with Gasteiger partial charge in [-0.1, -0.05) is 11.6 Å². The lowest BCUT2D eigenvalue weighted by Crippen LogP contribution is -2.26. The highest BCUT2D eigenvalue weighted by atomic mass is 35.5. The molecular formula is C15H12ClF5N2O3S. The minimum Gasteiger partial charge on any atom is -0.433 e. The van der Waals surface area contributed by atoms with Crippen LogP contribution in [-0.4, -0.2) is 25.9 Å². The smallest absolute Gasteiger partial charge is 0.387 e. The van der Waals surface area contributed by atoms with Gasteiger partial charge < -0.3 is 9.72 Å². The molecule has 1 aliphatic rings. The summed E-state index contributed by atoms with van der Waals surface area (Å²) in [7, 11) is -4.34. The summed E-state index contributed by atoms with van der Waals surface area (Å²) in [6.07, 6.45) is -0.271. The largest absolute Gasteiger partial charge is 0.433 e. The van der Waals surface area contributed by atoms with E-state index in [4.69, 9.17) is 11.6 Å². The van der Waals surface area contributed by atoms with Crippen molar-refractivity contribution < 1.29 is 35.1 Å². The molecule has 0 saturated carbocycles. The number of aromatic nitrogens is 1. The van der Waals surface area contributed by atoms with Crippen molar-refractivity contribution in [2.24, 2.45) is 0 Å². The lowest BCUT2D eigenvalue weighted by atomic mass is 9.95. The van der Waals surface area contributed by atoms with Crippen LogP contribution in [0.5, 0.6) is 5.75 Å². The Morgan fingerprint density at radius 3 is 2.67 bits per heavy atom. The average molecular weight is 431 g/mol. The first-order chi connectivity index (χ1) is 12.5. The second kappa shape index (κ2) is 6.86. The normalized spacial score (nSPS) is 16.3. The van der Waals surface area contributed by atoms with Crippen molar-refractivity contribution in [3.8, 4) is 5.75 Å². The van der Waals surface area contributed by atoms with Crippen LogP contribution >= 0.6 is 11.6 Å². The molecule has 0 radical (unpaired) electrons. The molecule has 3 rings (SSSR count). The summed E-state index contributed by atoms with van der Waals surface area (Å²) >= 11 is 5.70. The van der Waals surface area contributed by atoms with Gasteiger partial charge in [0.15, 0.2) is 5.82 Å². The zero-order valence-corrected chi connectivity index (χ0v) is 14.9. The number of halogens is 6. The minimum absolute atomic E-state index is 0.0887. The molecule has 27 heavy (non-hydrogen) atoms. The van der Waals surface area contributed by atoms with Crippen LogP contribution in [0.25, 0.3) is 0 Å².